The minimum Gasteiger partial charge on any atom is -0.508 e. The molecule has 0 amide bonds. The number of phenols is 1. The number of hydrogen-bond acceptors (Lipinski definition) is 3. The normalized spacial score (nSPS) is 10.1. The monoisotopic (exact) mass is 235 g/mol. The molecule has 1 aromatic carbocycles. The molecule has 16 heavy (non-hydrogen) atoms. The Balaban J connectivity index is 2.23. The lowest BCUT2D eigenvalue weighted by atomic mass is 10.3. The van der Waals surface area contributed by atoms with Crippen LogP contribution in [0.1, 0.15) is 5.56 Å². The van der Waals surface area contributed by atoms with E-state index in [1.165, 1.54) is 12.1 Å². The number of aromatic hydroxyl groups is 1. The molecule has 2 aromatic rings. The van der Waals surface area contributed by atoms with E-state index < -0.39 is 0 Å². The maximum atomic E-state index is 9.12. The third-order valence-electron chi connectivity index (χ3n) is 2.00. The van der Waals surface area contributed by atoms with Crippen molar-refractivity contribution in [2.75, 3.05) is 0 Å². The first-order valence-corrected chi connectivity index (χ1v) is 5.12. The molecule has 4 heteroatoms. The molecular weight excluding hydrogens is 226 g/mol. The van der Waals surface area contributed by atoms with Crippen molar-refractivity contribution in [3.63, 3.8) is 0 Å². The molecule has 0 bridgehead atoms. The summed E-state index contributed by atoms with van der Waals surface area (Å²) in [6.07, 6.45) is 1.68. The van der Waals surface area contributed by atoms with Gasteiger partial charge in [0.2, 0.25) is 5.88 Å². The molecule has 0 aliphatic rings. The fourth-order valence-corrected chi connectivity index (χ4v) is 1.48. The Morgan fingerprint density at radius 2 is 1.94 bits per heavy atom. The lowest BCUT2D eigenvalue weighted by molar-refractivity contribution is 0.454. The fraction of sp³-hybridized carbons (Fsp3) is 0.0833. The Morgan fingerprint density at radius 3 is 2.56 bits per heavy atom. The van der Waals surface area contributed by atoms with E-state index in [1.807, 2.05) is 6.92 Å². The second kappa shape index (κ2) is 4.41. The van der Waals surface area contributed by atoms with E-state index >= 15 is 0 Å². The molecule has 1 aromatic heterocycles. The molecule has 0 unspecified atom stereocenters. The van der Waals surface area contributed by atoms with Gasteiger partial charge >= 0.3 is 0 Å². The van der Waals surface area contributed by atoms with E-state index in [9.17, 15) is 0 Å². The molecule has 0 aliphatic carbocycles. The van der Waals surface area contributed by atoms with Gasteiger partial charge in [-0.3, -0.25) is 0 Å². The Labute approximate surface area is 98.3 Å². The summed E-state index contributed by atoms with van der Waals surface area (Å²) in [4.78, 5) is 4.08. The molecule has 1 N–H and O–H groups in total. The summed E-state index contributed by atoms with van der Waals surface area (Å²) >= 11 is 5.97. The predicted molar refractivity (Wildman–Crippen MR) is 62.2 cm³/mol. The first-order chi connectivity index (χ1) is 7.65. The minimum absolute atomic E-state index is 0.190. The Bertz CT molecular complexity index is 497. The number of aromatic nitrogens is 1. The minimum atomic E-state index is 0.190. The molecule has 0 aliphatic heterocycles. The van der Waals surface area contributed by atoms with E-state index in [2.05, 4.69) is 4.98 Å². The molecule has 82 valence electrons. The van der Waals surface area contributed by atoms with Crippen LogP contribution in [0.3, 0.4) is 0 Å². The quantitative estimate of drug-likeness (QED) is 0.866. The number of halogens is 1. The van der Waals surface area contributed by atoms with Crippen LogP contribution in [0.4, 0.5) is 0 Å². The number of benzene rings is 1. The zero-order valence-electron chi connectivity index (χ0n) is 8.64. The summed E-state index contributed by atoms with van der Waals surface area (Å²) in [6, 6.07) is 8.15. The lowest BCUT2D eigenvalue weighted by Gasteiger charge is -2.06. The zero-order valence-corrected chi connectivity index (χ0v) is 9.40. The third kappa shape index (κ3) is 2.44. The Morgan fingerprint density at radius 1 is 1.25 bits per heavy atom. The van der Waals surface area contributed by atoms with Crippen molar-refractivity contribution in [3.05, 3.63) is 47.1 Å². The first kappa shape index (κ1) is 10.8. The van der Waals surface area contributed by atoms with Crippen molar-refractivity contribution in [2.45, 2.75) is 6.92 Å². The smallest absolute Gasteiger partial charge is 0.238 e. The van der Waals surface area contributed by atoms with Crippen molar-refractivity contribution < 1.29 is 9.84 Å². The Hall–Kier alpha value is -1.74. The van der Waals surface area contributed by atoms with Crippen LogP contribution in [0.5, 0.6) is 17.4 Å². The highest BCUT2D eigenvalue weighted by Gasteiger charge is 2.04. The molecule has 0 atom stereocenters. The molecule has 2 rings (SSSR count). The summed E-state index contributed by atoms with van der Waals surface area (Å²) < 4.78 is 5.46. The van der Waals surface area contributed by atoms with Crippen LogP contribution < -0.4 is 4.74 Å². The van der Waals surface area contributed by atoms with E-state index in [0.29, 0.717) is 16.7 Å². The molecular formula is C12H10ClNO2. The maximum Gasteiger partial charge on any atom is 0.238 e. The fourth-order valence-electron chi connectivity index (χ4n) is 1.22. The topological polar surface area (TPSA) is 42.4 Å². The van der Waals surface area contributed by atoms with Crippen molar-refractivity contribution in [1.29, 1.82) is 0 Å². The van der Waals surface area contributed by atoms with Gasteiger partial charge in [0.1, 0.15) is 16.5 Å². The molecule has 0 saturated heterocycles. The van der Waals surface area contributed by atoms with Crippen LogP contribution in [0.2, 0.25) is 5.02 Å². The second-order valence-electron chi connectivity index (χ2n) is 3.40. The van der Waals surface area contributed by atoms with E-state index in [4.69, 9.17) is 21.4 Å². The number of ether oxygens (including phenoxy) is 1. The zero-order chi connectivity index (χ0) is 11.5. The number of hydrogen-bond donors (Lipinski definition) is 1. The first-order valence-electron chi connectivity index (χ1n) is 4.74. The summed E-state index contributed by atoms with van der Waals surface area (Å²) in [6.45, 7) is 1.91. The molecule has 0 radical (unpaired) electrons. The van der Waals surface area contributed by atoms with Gasteiger partial charge in [0.25, 0.3) is 0 Å². The lowest BCUT2D eigenvalue weighted by Crippen LogP contribution is -1.89. The van der Waals surface area contributed by atoms with Gasteiger partial charge in [0.15, 0.2) is 0 Å². The van der Waals surface area contributed by atoms with Gasteiger partial charge in [0.05, 0.1) is 0 Å². The highest BCUT2D eigenvalue weighted by Crippen LogP contribution is 2.28. The number of rotatable bonds is 2. The van der Waals surface area contributed by atoms with Gasteiger partial charge in [-0.05, 0) is 42.8 Å². The van der Waals surface area contributed by atoms with Crippen molar-refractivity contribution in [3.8, 4) is 17.4 Å². The number of pyridine rings is 1. The van der Waals surface area contributed by atoms with E-state index in [-0.39, 0.29) is 5.75 Å². The largest absolute Gasteiger partial charge is 0.508 e. The number of aryl methyl sites for hydroxylation is 1. The highest BCUT2D eigenvalue weighted by atomic mass is 35.5. The summed E-state index contributed by atoms with van der Waals surface area (Å²) in [5, 5.41) is 9.58. The maximum absolute atomic E-state index is 9.12. The summed E-state index contributed by atoms with van der Waals surface area (Å²) in [7, 11) is 0. The molecule has 1 heterocycles. The highest BCUT2D eigenvalue weighted by molar-refractivity contribution is 6.31. The third-order valence-corrected chi connectivity index (χ3v) is 2.27. The van der Waals surface area contributed by atoms with Crippen LogP contribution in [-0.4, -0.2) is 10.1 Å². The van der Waals surface area contributed by atoms with Crippen molar-refractivity contribution >= 4 is 11.6 Å². The SMILES string of the molecule is Cc1cnc(Oc2ccc(O)cc2)c(Cl)c1. The van der Waals surface area contributed by atoms with Crippen molar-refractivity contribution in [2.24, 2.45) is 0 Å². The standard InChI is InChI=1S/C12H10ClNO2/c1-8-6-11(13)12(14-7-8)16-10-4-2-9(15)3-5-10/h2-7,15H,1H3. The van der Waals surface area contributed by atoms with Crippen LogP contribution in [0.25, 0.3) is 0 Å². The second-order valence-corrected chi connectivity index (χ2v) is 3.80. The molecule has 3 nitrogen and oxygen atoms in total. The predicted octanol–water partition coefficient (Wildman–Crippen LogP) is 3.54. The number of phenolic OH excluding ortho intramolecular Hbond substituents is 1. The van der Waals surface area contributed by atoms with Crippen LogP contribution in [-0.2, 0) is 0 Å². The van der Waals surface area contributed by atoms with Gasteiger partial charge in [-0.15, -0.1) is 0 Å². The number of nitrogens with zero attached hydrogens (tertiary/aromatic N) is 1. The van der Waals surface area contributed by atoms with Gasteiger partial charge in [-0.1, -0.05) is 11.6 Å². The van der Waals surface area contributed by atoms with Crippen LogP contribution in [0, 0.1) is 6.92 Å². The molecule has 0 fully saturated rings. The van der Waals surface area contributed by atoms with Crippen LogP contribution >= 0.6 is 11.6 Å². The van der Waals surface area contributed by atoms with Gasteiger partial charge in [-0.2, -0.15) is 0 Å². The summed E-state index contributed by atoms with van der Waals surface area (Å²) in [5.74, 6) is 1.13. The van der Waals surface area contributed by atoms with Gasteiger partial charge < -0.3 is 9.84 Å². The average molecular weight is 236 g/mol. The van der Waals surface area contributed by atoms with Crippen LogP contribution in [0.15, 0.2) is 36.5 Å². The summed E-state index contributed by atoms with van der Waals surface area (Å²) in [5.41, 5.74) is 0.975. The molecule has 0 saturated carbocycles. The van der Waals surface area contributed by atoms with E-state index in [0.717, 1.165) is 5.56 Å². The molecule has 0 spiro atoms. The Kier molecular flexibility index (Phi) is 2.97. The van der Waals surface area contributed by atoms with Gasteiger partial charge in [-0.25, -0.2) is 4.98 Å². The average Bonchev–Trinajstić information content (AvgIpc) is 2.25. The van der Waals surface area contributed by atoms with Crippen molar-refractivity contribution in [1.82, 2.24) is 4.98 Å². The van der Waals surface area contributed by atoms with E-state index in [1.54, 1.807) is 24.4 Å². The van der Waals surface area contributed by atoms with Gasteiger partial charge in [0, 0.05) is 6.20 Å².